The summed E-state index contributed by atoms with van der Waals surface area (Å²) in [5.41, 5.74) is 5.63. The summed E-state index contributed by atoms with van der Waals surface area (Å²) in [5.74, 6) is 0.231. The SMILES string of the molecule is COc1ncncc1C(=N)N. The Bertz CT molecular complexity index is 273. The third-order valence-electron chi connectivity index (χ3n) is 1.16. The molecular weight excluding hydrogens is 144 g/mol. The van der Waals surface area contributed by atoms with Gasteiger partial charge in [-0.05, 0) is 0 Å². The molecule has 0 amide bonds. The van der Waals surface area contributed by atoms with Crippen LogP contribution in [-0.4, -0.2) is 22.9 Å². The van der Waals surface area contributed by atoms with E-state index in [2.05, 4.69) is 9.97 Å². The topological polar surface area (TPSA) is 84.9 Å². The first-order chi connectivity index (χ1) is 5.25. The molecule has 0 saturated heterocycles. The second-order valence-corrected chi connectivity index (χ2v) is 1.86. The molecule has 5 nitrogen and oxygen atoms in total. The summed E-state index contributed by atoms with van der Waals surface area (Å²) in [7, 11) is 1.47. The lowest BCUT2D eigenvalue weighted by molar-refractivity contribution is 0.395. The molecule has 0 aliphatic carbocycles. The summed E-state index contributed by atoms with van der Waals surface area (Å²) in [5, 5.41) is 7.10. The van der Waals surface area contributed by atoms with Crippen molar-refractivity contribution in [3.63, 3.8) is 0 Å². The summed E-state index contributed by atoms with van der Waals surface area (Å²) in [6.45, 7) is 0. The number of ether oxygens (including phenoxy) is 1. The van der Waals surface area contributed by atoms with Crippen LogP contribution < -0.4 is 10.5 Å². The van der Waals surface area contributed by atoms with E-state index in [1.165, 1.54) is 19.6 Å². The molecule has 0 unspecified atom stereocenters. The van der Waals surface area contributed by atoms with Crippen molar-refractivity contribution in [1.82, 2.24) is 9.97 Å². The Hall–Kier alpha value is -1.65. The van der Waals surface area contributed by atoms with Crippen LogP contribution in [0.3, 0.4) is 0 Å². The minimum absolute atomic E-state index is 0.0950. The van der Waals surface area contributed by atoms with Crippen LogP contribution in [0.15, 0.2) is 12.5 Å². The highest BCUT2D eigenvalue weighted by atomic mass is 16.5. The number of methoxy groups -OCH3 is 1. The first-order valence-corrected chi connectivity index (χ1v) is 2.94. The molecule has 0 aliphatic heterocycles. The molecule has 0 saturated carbocycles. The molecule has 1 heterocycles. The standard InChI is InChI=1S/C6H8N4O/c1-11-6-4(5(7)8)2-9-3-10-6/h2-3H,1H3,(H3,7,8). The molecule has 0 aliphatic rings. The van der Waals surface area contributed by atoms with Crippen molar-refractivity contribution < 1.29 is 4.74 Å². The second kappa shape index (κ2) is 2.96. The van der Waals surface area contributed by atoms with Crippen molar-refractivity contribution in [2.75, 3.05) is 7.11 Å². The minimum atomic E-state index is -0.0950. The quantitative estimate of drug-likeness (QED) is 0.452. The normalized spacial score (nSPS) is 9.18. The van der Waals surface area contributed by atoms with E-state index in [-0.39, 0.29) is 5.84 Å². The predicted molar refractivity (Wildman–Crippen MR) is 39.6 cm³/mol. The third kappa shape index (κ3) is 1.43. The first-order valence-electron chi connectivity index (χ1n) is 2.94. The maximum absolute atomic E-state index is 7.10. The zero-order chi connectivity index (χ0) is 8.27. The monoisotopic (exact) mass is 152 g/mol. The van der Waals surface area contributed by atoms with Crippen LogP contribution in [0.25, 0.3) is 0 Å². The van der Waals surface area contributed by atoms with Crippen LogP contribution in [0.2, 0.25) is 0 Å². The van der Waals surface area contributed by atoms with Gasteiger partial charge in [0.1, 0.15) is 12.2 Å². The van der Waals surface area contributed by atoms with Crippen molar-refractivity contribution in [3.05, 3.63) is 18.1 Å². The Kier molecular flexibility index (Phi) is 2.00. The molecule has 0 atom stereocenters. The van der Waals surface area contributed by atoms with Gasteiger partial charge < -0.3 is 10.5 Å². The lowest BCUT2D eigenvalue weighted by atomic mass is 10.3. The highest BCUT2D eigenvalue weighted by Gasteiger charge is 2.05. The zero-order valence-corrected chi connectivity index (χ0v) is 6.03. The van der Waals surface area contributed by atoms with Crippen LogP contribution in [-0.2, 0) is 0 Å². The summed E-state index contributed by atoms with van der Waals surface area (Å²) in [4.78, 5) is 7.47. The van der Waals surface area contributed by atoms with E-state index in [0.717, 1.165) is 0 Å². The summed E-state index contributed by atoms with van der Waals surface area (Å²) in [6, 6.07) is 0. The largest absolute Gasteiger partial charge is 0.480 e. The fraction of sp³-hybridized carbons (Fsp3) is 0.167. The van der Waals surface area contributed by atoms with Gasteiger partial charge in [-0.1, -0.05) is 0 Å². The van der Waals surface area contributed by atoms with E-state index in [9.17, 15) is 0 Å². The van der Waals surface area contributed by atoms with Crippen molar-refractivity contribution in [2.45, 2.75) is 0 Å². The van der Waals surface area contributed by atoms with Gasteiger partial charge in [-0.25, -0.2) is 9.97 Å². The van der Waals surface area contributed by atoms with Gasteiger partial charge in [-0.3, -0.25) is 5.41 Å². The van der Waals surface area contributed by atoms with E-state index >= 15 is 0 Å². The Balaban J connectivity index is 3.12. The van der Waals surface area contributed by atoms with Gasteiger partial charge in [0.15, 0.2) is 0 Å². The minimum Gasteiger partial charge on any atom is -0.480 e. The smallest absolute Gasteiger partial charge is 0.227 e. The molecular formula is C6H8N4O. The number of nitrogen functional groups attached to an aromatic ring is 1. The third-order valence-corrected chi connectivity index (χ3v) is 1.16. The van der Waals surface area contributed by atoms with E-state index in [0.29, 0.717) is 11.4 Å². The lowest BCUT2D eigenvalue weighted by Gasteiger charge is -2.02. The predicted octanol–water partition coefficient (Wildman–Crippen LogP) is -0.231. The number of amidine groups is 1. The second-order valence-electron chi connectivity index (χ2n) is 1.86. The fourth-order valence-corrected chi connectivity index (χ4v) is 0.666. The molecule has 0 fully saturated rings. The van der Waals surface area contributed by atoms with Gasteiger partial charge in [-0.2, -0.15) is 0 Å². The van der Waals surface area contributed by atoms with Crippen LogP contribution in [0.4, 0.5) is 0 Å². The van der Waals surface area contributed by atoms with Crippen LogP contribution in [0.5, 0.6) is 5.88 Å². The Morgan fingerprint density at radius 1 is 1.73 bits per heavy atom. The number of nitrogens with two attached hydrogens (primary N) is 1. The van der Waals surface area contributed by atoms with E-state index in [1.54, 1.807) is 0 Å². The molecule has 0 radical (unpaired) electrons. The molecule has 0 spiro atoms. The average molecular weight is 152 g/mol. The molecule has 0 aromatic carbocycles. The number of rotatable bonds is 2. The molecule has 1 aromatic heterocycles. The van der Waals surface area contributed by atoms with E-state index in [1.807, 2.05) is 0 Å². The number of aromatic nitrogens is 2. The molecule has 1 aromatic rings. The number of hydrogen-bond acceptors (Lipinski definition) is 4. The molecule has 3 N–H and O–H groups in total. The van der Waals surface area contributed by atoms with Crippen LogP contribution in [0, 0.1) is 5.41 Å². The van der Waals surface area contributed by atoms with E-state index in [4.69, 9.17) is 15.9 Å². The molecule has 0 bridgehead atoms. The van der Waals surface area contributed by atoms with Gasteiger partial charge in [0, 0.05) is 6.20 Å². The van der Waals surface area contributed by atoms with E-state index < -0.39 is 0 Å². The van der Waals surface area contributed by atoms with Crippen molar-refractivity contribution in [1.29, 1.82) is 5.41 Å². The fourth-order valence-electron chi connectivity index (χ4n) is 0.666. The number of hydrogen-bond donors (Lipinski definition) is 2. The lowest BCUT2D eigenvalue weighted by Crippen LogP contribution is -2.13. The van der Waals surface area contributed by atoms with Gasteiger partial charge in [0.25, 0.3) is 0 Å². The number of nitrogens with one attached hydrogen (secondary N) is 1. The maximum Gasteiger partial charge on any atom is 0.227 e. The van der Waals surface area contributed by atoms with Gasteiger partial charge >= 0.3 is 0 Å². The zero-order valence-electron chi connectivity index (χ0n) is 6.03. The highest BCUT2D eigenvalue weighted by Crippen LogP contribution is 2.09. The molecule has 58 valence electrons. The Morgan fingerprint density at radius 3 is 2.91 bits per heavy atom. The molecule has 5 heteroatoms. The summed E-state index contributed by atoms with van der Waals surface area (Å²) in [6.07, 6.45) is 2.78. The summed E-state index contributed by atoms with van der Waals surface area (Å²) >= 11 is 0. The summed E-state index contributed by atoms with van der Waals surface area (Å²) < 4.78 is 4.83. The average Bonchev–Trinajstić information content (AvgIpc) is 2.04. The first kappa shape index (κ1) is 7.46. The maximum atomic E-state index is 7.10. The van der Waals surface area contributed by atoms with Crippen molar-refractivity contribution in [2.24, 2.45) is 5.73 Å². The number of nitrogens with zero attached hydrogens (tertiary/aromatic N) is 2. The van der Waals surface area contributed by atoms with Crippen LogP contribution in [0.1, 0.15) is 5.56 Å². The van der Waals surface area contributed by atoms with Gasteiger partial charge in [0.05, 0.1) is 12.7 Å². The highest BCUT2D eigenvalue weighted by molar-refractivity contribution is 5.96. The van der Waals surface area contributed by atoms with Crippen LogP contribution >= 0.6 is 0 Å². The Morgan fingerprint density at radius 2 is 2.45 bits per heavy atom. The van der Waals surface area contributed by atoms with Crippen molar-refractivity contribution in [3.8, 4) is 5.88 Å². The Labute approximate surface area is 63.7 Å². The molecule has 1 rings (SSSR count). The van der Waals surface area contributed by atoms with Gasteiger partial charge in [-0.15, -0.1) is 0 Å². The molecule has 11 heavy (non-hydrogen) atoms. The van der Waals surface area contributed by atoms with Crippen molar-refractivity contribution >= 4 is 5.84 Å². The van der Waals surface area contributed by atoms with Gasteiger partial charge in [0.2, 0.25) is 5.88 Å².